The van der Waals surface area contributed by atoms with Gasteiger partial charge < -0.3 is 5.11 Å². The number of nitrogens with zero attached hydrogens (tertiary/aromatic N) is 2. The number of likely N-dealkylation sites (tertiary alicyclic amines) is 1. The van der Waals surface area contributed by atoms with Crippen LogP contribution in [0.25, 0.3) is 0 Å². The summed E-state index contributed by atoms with van der Waals surface area (Å²) in [6.45, 7) is 2.43. The van der Waals surface area contributed by atoms with Crippen molar-refractivity contribution in [3.8, 4) is 0 Å². The van der Waals surface area contributed by atoms with Gasteiger partial charge in [0.1, 0.15) is 10.3 Å². The maximum Gasteiger partial charge on any atom is 0.135 e. The highest BCUT2D eigenvalue weighted by Crippen LogP contribution is 2.20. The smallest absolute Gasteiger partial charge is 0.135 e. The molecule has 0 spiro atoms. The van der Waals surface area contributed by atoms with E-state index in [4.69, 9.17) is 23.2 Å². The molecule has 0 saturated carbocycles. The molecule has 0 bridgehead atoms. The lowest BCUT2D eigenvalue weighted by Crippen LogP contribution is -2.37. The number of pyridine rings is 1. The number of rotatable bonds is 2. The van der Waals surface area contributed by atoms with Crippen LogP contribution in [0, 0.1) is 0 Å². The second kappa shape index (κ2) is 5.32. The van der Waals surface area contributed by atoms with Crippen molar-refractivity contribution in [2.24, 2.45) is 0 Å². The predicted molar refractivity (Wildman–Crippen MR) is 64.8 cm³/mol. The number of hydrogen-bond donors (Lipinski definition) is 1. The molecule has 0 radical (unpaired) electrons. The number of aliphatic hydroxyl groups excluding tert-OH is 1. The van der Waals surface area contributed by atoms with Crippen molar-refractivity contribution < 1.29 is 5.11 Å². The van der Waals surface area contributed by atoms with Crippen molar-refractivity contribution in [1.29, 1.82) is 0 Å². The second-order valence-electron chi connectivity index (χ2n) is 4.12. The Hall–Kier alpha value is -0.350. The summed E-state index contributed by atoms with van der Waals surface area (Å²) in [5.41, 5.74) is 0.958. The summed E-state index contributed by atoms with van der Waals surface area (Å²) < 4.78 is 0. The summed E-state index contributed by atoms with van der Waals surface area (Å²) in [4.78, 5) is 6.19. The number of aromatic nitrogens is 1. The highest BCUT2D eigenvalue weighted by molar-refractivity contribution is 6.32. The zero-order valence-electron chi connectivity index (χ0n) is 8.87. The Morgan fingerprint density at radius 2 is 2.25 bits per heavy atom. The molecule has 1 aromatic rings. The fraction of sp³-hybridized carbons (Fsp3) is 0.545. The van der Waals surface area contributed by atoms with E-state index in [1.165, 1.54) is 0 Å². The lowest BCUT2D eigenvalue weighted by atomic mass is 10.1. The van der Waals surface area contributed by atoms with Gasteiger partial charge in [0.05, 0.1) is 6.10 Å². The normalized spacial score (nSPS) is 22.3. The number of aliphatic hydroxyl groups is 1. The molecule has 16 heavy (non-hydrogen) atoms. The van der Waals surface area contributed by atoms with Crippen molar-refractivity contribution in [3.05, 3.63) is 28.0 Å². The van der Waals surface area contributed by atoms with E-state index in [9.17, 15) is 5.11 Å². The lowest BCUT2D eigenvalue weighted by molar-refractivity contribution is 0.0668. The van der Waals surface area contributed by atoms with Crippen LogP contribution < -0.4 is 0 Å². The van der Waals surface area contributed by atoms with Crippen LogP contribution in [0.4, 0.5) is 0 Å². The number of hydrogen-bond acceptors (Lipinski definition) is 3. The predicted octanol–water partition coefficient (Wildman–Crippen LogP) is 2.35. The van der Waals surface area contributed by atoms with Gasteiger partial charge in [0.15, 0.2) is 0 Å². The van der Waals surface area contributed by atoms with Crippen LogP contribution >= 0.6 is 23.2 Å². The molecule has 5 heteroatoms. The van der Waals surface area contributed by atoms with E-state index in [0.717, 1.165) is 31.5 Å². The molecule has 1 aromatic heterocycles. The highest BCUT2D eigenvalue weighted by atomic mass is 35.5. The monoisotopic (exact) mass is 260 g/mol. The van der Waals surface area contributed by atoms with Gasteiger partial charge in [0, 0.05) is 18.7 Å². The molecule has 1 atom stereocenters. The number of piperidine rings is 1. The van der Waals surface area contributed by atoms with Crippen LogP contribution in [0.5, 0.6) is 0 Å². The molecular formula is C11H14Cl2N2O. The zero-order valence-corrected chi connectivity index (χ0v) is 10.4. The third-order valence-electron chi connectivity index (χ3n) is 2.77. The Kier molecular flexibility index (Phi) is 4.03. The number of β-amino-alcohol motifs (C(OH)–C–C–N with tert-alkyl or cyclic N) is 1. The van der Waals surface area contributed by atoms with Crippen LogP contribution in [0.2, 0.25) is 10.3 Å². The average molecular weight is 261 g/mol. The summed E-state index contributed by atoms with van der Waals surface area (Å²) in [6.07, 6.45) is 1.70. The zero-order chi connectivity index (χ0) is 11.5. The molecule has 1 N–H and O–H groups in total. The fourth-order valence-electron chi connectivity index (χ4n) is 1.97. The molecule has 0 aliphatic carbocycles. The molecule has 3 nitrogen and oxygen atoms in total. The minimum Gasteiger partial charge on any atom is -0.392 e. The van der Waals surface area contributed by atoms with Crippen LogP contribution in [-0.2, 0) is 6.54 Å². The molecule has 88 valence electrons. The summed E-state index contributed by atoms with van der Waals surface area (Å²) >= 11 is 11.7. The van der Waals surface area contributed by atoms with Gasteiger partial charge in [-0.15, -0.1) is 0 Å². The molecule has 1 aliphatic heterocycles. The first kappa shape index (κ1) is 12.1. The Labute approximate surface area is 105 Å². The maximum atomic E-state index is 9.56. The van der Waals surface area contributed by atoms with Crippen molar-refractivity contribution >= 4 is 23.2 Å². The van der Waals surface area contributed by atoms with E-state index in [1.54, 1.807) is 6.07 Å². The van der Waals surface area contributed by atoms with Gasteiger partial charge in [0.25, 0.3) is 0 Å². The van der Waals surface area contributed by atoms with Crippen molar-refractivity contribution in [1.82, 2.24) is 9.88 Å². The van der Waals surface area contributed by atoms with Crippen molar-refractivity contribution in [2.75, 3.05) is 13.1 Å². The number of halogens is 2. The summed E-state index contributed by atoms with van der Waals surface area (Å²) in [6, 6.07) is 3.63. The van der Waals surface area contributed by atoms with Gasteiger partial charge in [-0.25, -0.2) is 4.98 Å². The molecule has 1 saturated heterocycles. The molecule has 2 rings (SSSR count). The minimum atomic E-state index is -0.215. The molecular weight excluding hydrogens is 247 g/mol. The van der Waals surface area contributed by atoms with Crippen LogP contribution in [0.3, 0.4) is 0 Å². The van der Waals surface area contributed by atoms with E-state index >= 15 is 0 Å². The molecule has 0 aromatic carbocycles. The Balaban J connectivity index is 2.02. The molecule has 2 heterocycles. The van der Waals surface area contributed by atoms with Crippen LogP contribution in [0.15, 0.2) is 12.1 Å². The first-order valence-electron chi connectivity index (χ1n) is 5.36. The largest absolute Gasteiger partial charge is 0.392 e. The van der Waals surface area contributed by atoms with E-state index in [2.05, 4.69) is 9.88 Å². The van der Waals surface area contributed by atoms with Gasteiger partial charge >= 0.3 is 0 Å². The average Bonchev–Trinajstić information content (AvgIpc) is 2.22. The Morgan fingerprint density at radius 3 is 2.94 bits per heavy atom. The minimum absolute atomic E-state index is 0.215. The van der Waals surface area contributed by atoms with Gasteiger partial charge in [-0.3, -0.25) is 4.90 Å². The highest BCUT2D eigenvalue weighted by Gasteiger charge is 2.18. The summed E-state index contributed by atoms with van der Waals surface area (Å²) in [5.74, 6) is 0. The first-order valence-corrected chi connectivity index (χ1v) is 6.12. The van der Waals surface area contributed by atoms with Crippen molar-refractivity contribution in [3.63, 3.8) is 0 Å². The third-order valence-corrected chi connectivity index (χ3v) is 3.30. The SMILES string of the molecule is O[C@H]1CCCN(Cc2ccc(Cl)nc2Cl)C1. The van der Waals surface area contributed by atoms with E-state index in [1.807, 2.05) is 6.07 Å². The van der Waals surface area contributed by atoms with E-state index in [0.29, 0.717) is 16.9 Å². The topological polar surface area (TPSA) is 36.4 Å². The second-order valence-corrected chi connectivity index (χ2v) is 4.86. The van der Waals surface area contributed by atoms with Gasteiger partial charge in [0.2, 0.25) is 0 Å². The Morgan fingerprint density at radius 1 is 1.44 bits per heavy atom. The molecule has 0 amide bonds. The van der Waals surface area contributed by atoms with E-state index in [-0.39, 0.29) is 6.10 Å². The van der Waals surface area contributed by atoms with Crippen molar-refractivity contribution in [2.45, 2.75) is 25.5 Å². The first-order chi connectivity index (χ1) is 7.65. The maximum absolute atomic E-state index is 9.56. The molecule has 0 unspecified atom stereocenters. The third kappa shape index (κ3) is 3.08. The molecule has 1 aliphatic rings. The fourth-order valence-corrected chi connectivity index (χ4v) is 2.38. The summed E-state index contributed by atoms with van der Waals surface area (Å²) in [5, 5.41) is 10.4. The van der Waals surface area contributed by atoms with Gasteiger partial charge in [-0.05, 0) is 25.5 Å². The molecule has 1 fully saturated rings. The quantitative estimate of drug-likeness (QED) is 0.830. The van der Waals surface area contributed by atoms with Gasteiger partial charge in [-0.2, -0.15) is 0 Å². The van der Waals surface area contributed by atoms with Crippen LogP contribution in [-0.4, -0.2) is 34.2 Å². The lowest BCUT2D eigenvalue weighted by Gasteiger charge is -2.30. The Bertz CT molecular complexity index is 373. The van der Waals surface area contributed by atoms with Gasteiger partial charge in [-0.1, -0.05) is 29.3 Å². The van der Waals surface area contributed by atoms with Crippen LogP contribution in [0.1, 0.15) is 18.4 Å². The standard InChI is InChI=1S/C11H14Cl2N2O/c12-10-4-3-8(11(13)14-10)6-15-5-1-2-9(16)7-15/h3-4,9,16H,1-2,5-7H2/t9-/m0/s1. The summed E-state index contributed by atoms with van der Waals surface area (Å²) in [7, 11) is 0. The van der Waals surface area contributed by atoms with E-state index < -0.39 is 0 Å².